The quantitative estimate of drug-likeness (QED) is 0.898. The first-order valence-corrected chi connectivity index (χ1v) is 8.75. The summed E-state index contributed by atoms with van der Waals surface area (Å²) >= 11 is 4.28. The molecule has 1 aromatic heterocycles. The topological polar surface area (TPSA) is 24.9 Å². The summed E-state index contributed by atoms with van der Waals surface area (Å²) in [6.45, 7) is 2.31. The minimum absolute atomic E-state index is 0.530. The molecule has 3 unspecified atom stereocenters. The SMILES string of the molecule is CCC1SCCSC1C(Cc1ccccn1)NC. The molecule has 0 radical (unpaired) electrons. The summed E-state index contributed by atoms with van der Waals surface area (Å²) in [5, 5.41) is 5.00. The van der Waals surface area contributed by atoms with Gasteiger partial charge in [0.1, 0.15) is 0 Å². The van der Waals surface area contributed by atoms with Crippen molar-refractivity contribution in [3.8, 4) is 0 Å². The van der Waals surface area contributed by atoms with Gasteiger partial charge in [-0.3, -0.25) is 4.98 Å². The number of nitrogens with zero attached hydrogens (tertiary/aromatic N) is 1. The second-order valence-electron chi connectivity index (χ2n) is 4.57. The van der Waals surface area contributed by atoms with E-state index in [1.54, 1.807) is 0 Å². The summed E-state index contributed by atoms with van der Waals surface area (Å²) in [6.07, 6.45) is 4.19. The normalized spacial score (nSPS) is 25.9. The average Bonchev–Trinajstić information content (AvgIpc) is 2.46. The number of hydrogen-bond donors (Lipinski definition) is 1. The monoisotopic (exact) mass is 282 g/mol. The van der Waals surface area contributed by atoms with Crippen LogP contribution in [-0.2, 0) is 6.42 Å². The Labute approximate surface area is 119 Å². The van der Waals surface area contributed by atoms with Gasteiger partial charge in [-0.2, -0.15) is 23.5 Å². The molecule has 0 bridgehead atoms. The summed E-state index contributed by atoms with van der Waals surface area (Å²) in [5.74, 6) is 2.59. The van der Waals surface area contributed by atoms with Crippen molar-refractivity contribution in [2.24, 2.45) is 0 Å². The van der Waals surface area contributed by atoms with Crippen LogP contribution in [0.4, 0.5) is 0 Å². The number of pyridine rings is 1. The highest BCUT2D eigenvalue weighted by molar-refractivity contribution is 8.07. The molecule has 0 aliphatic carbocycles. The molecule has 1 aliphatic heterocycles. The second kappa shape index (κ2) is 7.41. The zero-order valence-electron chi connectivity index (χ0n) is 11.1. The van der Waals surface area contributed by atoms with Gasteiger partial charge in [0, 0.05) is 46.4 Å². The summed E-state index contributed by atoms with van der Waals surface area (Å²) < 4.78 is 0. The third-order valence-corrected chi connectivity index (χ3v) is 6.82. The molecule has 0 spiro atoms. The lowest BCUT2D eigenvalue weighted by Gasteiger charge is -2.35. The van der Waals surface area contributed by atoms with Crippen molar-refractivity contribution in [2.75, 3.05) is 18.6 Å². The van der Waals surface area contributed by atoms with E-state index in [9.17, 15) is 0 Å². The molecule has 100 valence electrons. The highest BCUT2D eigenvalue weighted by Crippen LogP contribution is 2.35. The molecular weight excluding hydrogens is 260 g/mol. The van der Waals surface area contributed by atoms with Gasteiger partial charge in [-0.1, -0.05) is 13.0 Å². The van der Waals surface area contributed by atoms with Crippen LogP contribution in [0.3, 0.4) is 0 Å². The van der Waals surface area contributed by atoms with Crippen LogP contribution < -0.4 is 5.32 Å². The van der Waals surface area contributed by atoms with Crippen LogP contribution in [0, 0.1) is 0 Å². The predicted molar refractivity (Wildman–Crippen MR) is 83.6 cm³/mol. The molecule has 0 amide bonds. The summed E-state index contributed by atoms with van der Waals surface area (Å²) in [4.78, 5) is 4.46. The number of nitrogens with one attached hydrogen (secondary N) is 1. The molecule has 2 rings (SSSR count). The van der Waals surface area contributed by atoms with Crippen LogP contribution in [-0.4, -0.2) is 40.1 Å². The molecule has 18 heavy (non-hydrogen) atoms. The first kappa shape index (κ1) is 14.2. The molecule has 3 atom stereocenters. The fourth-order valence-electron chi connectivity index (χ4n) is 2.44. The van der Waals surface area contributed by atoms with Gasteiger partial charge in [-0.15, -0.1) is 0 Å². The summed E-state index contributed by atoms with van der Waals surface area (Å²) in [5.41, 5.74) is 1.20. The Hall–Kier alpha value is -0.190. The standard InChI is InChI=1S/C14H22N2S2/c1-3-13-14(18-9-8-17-13)12(15-2)10-11-6-4-5-7-16-11/h4-7,12-15H,3,8-10H2,1-2H3. The van der Waals surface area contributed by atoms with Crippen molar-refractivity contribution in [3.05, 3.63) is 30.1 Å². The predicted octanol–water partition coefficient (Wildman–Crippen LogP) is 2.84. The van der Waals surface area contributed by atoms with E-state index in [1.165, 1.54) is 23.6 Å². The van der Waals surface area contributed by atoms with Gasteiger partial charge >= 0.3 is 0 Å². The Kier molecular flexibility index (Phi) is 5.86. The molecule has 1 N–H and O–H groups in total. The van der Waals surface area contributed by atoms with E-state index in [2.05, 4.69) is 59.9 Å². The van der Waals surface area contributed by atoms with Crippen LogP contribution in [0.1, 0.15) is 19.0 Å². The number of likely N-dealkylation sites (N-methyl/N-ethyl adjacent to an activating group) is 1. The minimum atomic E-state index is 0.530. The van der Waals surface area contributed by atoms with Crippen LogP contribution in [0.15, 0.2) is 24.4 Å². The molecule has 0 aromatic carbocycles. The van der Waals surface area contributed by atoms with Crippen LogP contribution in [0.25, 0.3) is 0 Å². The van der Waals surface area contributed by atoms with Crippen molar-refractivity contribution < 1.29 is 0 Å². The third kappa shape index (κ3) is 3.65. The molecular formula is C14H22N2S2. The second-order valence-corrected chi connectivity index (χ2v) is 7.21. The average molecular weight is 282 g/mol. The molecule has 1 aromatic rings. The highest BCUT2D eigenvalue weighted by atomic mass is 32.2. The Morgan fingerprint density at radius 2 is 2.22 bits per heavy atom. The van der Waals surface area contributed by atoms with Crippen LogP contribution >= 0.6 is 23.5 Å². The molecule has 1 fully saturated rings. The van der Waals surface area contributed by atoms with E-state index in [0.29, 0.717) is 11.3 Å². The van der Waals surface area contributed by atoms with E-state index in [0.717, 1.165) is 11.7 Å². The maximum Gasteiger partial charge on any atom is 0.0419 e. The number of rotatable bonds is 5. The lowest BCUT2D eigenvalue weighted by atomic mass is 10.0. The maximum atomic E-state index is 4.46. The Morgan fingerprint density at radius 3 is 2.89 bits per heavy atom. The fraction of sp³-hybridized carbons (Fsp3) is 0.643. The van der Waals surface area contributed by atoms with Gasteiger partial charge in [0.05, 0.1) is 0 Å². The van der Waals surface area contributed by atoms with Crippen molar-refractivity contribution in [1.82, 2.24) is 10.3 Å². The lowest BCUT2D eigenvalue weighted by Crippen LogP contribution is -2.45. The number of hydrogen-bond acceptors (Lipinski definition) is 4. The third-order valence-electron chi connectivity index (χ3n) is 3.42. The first-order valence-electron chi connectivity index (χ1n) is 6.65. The Bertz CT molecular complexity index is 345. The van der Waals surface area contributed by atoms with Gasteiger partial charge in [0.25, 0.3) is 0 Å². The Morgan fingerprint density at radius 1 is 1.39 bits per heavy atom. The van der Waals surface area contributed by atoms with Crippen molar-refractivity contribution in [1.29, 1.82) is 0 Å². The van der Waals surface area contributed by atoms with Gasteiger partial charge in [-0.05, 0) is 25.6 Å². The minimum Gasteiger partial charge on any atom is -0.315 e. The Balaban J connectivity index is 2.03. The van der Waals surface area contributed by atoms with Crippen molar-refractivity contribution >= 4 is 23.5 Å². The van der Waals surface area contributed by atoms with Gasteiger partial charge < -0.3 is 5.32 Å². The van der Waals surface area contributed by atoms with Crippen LogP contribution in [0.5, 0.6) is 0 Å². The molecule has 1 saturated heterocycles. The van der Waals surface area contributed by atoms with E-state index in [1.807, 2.05) is 12.3 Å². The highest BCUT2D eigenvalue weighted by Gasteiger charge is 2.31. The van der Waals surface area contributed by atoms with E-state index in [-0.39, 0.29) is 0 Å². The van der Waals surface area contributed by atoms with Crippen LogP contribution in [0.2, 0.25) is 0 Å². The molecule has 2 nitrogen and oxygen atoms in total. The molecule has 2 heterocycles. The number of aromatic nitrogens is 1. The zero-order chi connectivity index (χ0) is 12.8. The lowest BCUT2D eigenvalue weighted by molar-refractivity contribution is 0.512. The maximum absolute atomic E-state index is 4.46. The summed E-state index contributed by atoms with van der Waals surface area (Å²) in [6, 6.07) is 6.72. The van der Waals surface area contributed by atoms with Gasteiger partial charge in [-0.25, -0.2) is 0 Å². The molecule has 0 saturated carbocycles. The van der Waals surface area contributed by atoms with E-state index in [4.69, 9.17) is 0 Å². The zero-order valence-corrected chi connectivity index (χ0v) is 12.8. The molecule has 1 aliphatic rings. The first-order chi connectivity index (χ1) is 8.85. The smallest absolute Gasteiger partial charge is 0.0419 e. The van der Waals surface area contributed by atoms with E-state index >= 15 is 0 Å². The summed E-state index contributed by atoms with van der Waals surface area (Å²) in [7, 11) is 2.08. The largest absolute Gasteiger partial charge is 0.315 e. The van der Waals surface area contributed by atoms with Crippen molar-refractivity contribution in [3.63, 3.8) is 0 Å². The fourth-order valence-corrected chi connectivity index (χ4v) is 5.74. The molecule has 4 heteroatoms. The number of thioether (sulfide) groups is 2. The van der Waals surface area contributed by atoms with Gasteiger partial charge in [0.2, 0.25) is 0 Å². The van der Waals surface area contributed by atoms with Gasteiger partial charge in [0.15, 0.2) is 0 Å². The van der Waals surface area contributed by atoms with E-state index < -0.39 is 0 Å². The van der Waals surface area contributed by atoms with Crippen molar-refractivity contribution in [2.45, 2.75) is 36.3 Å².